The number of nitrogens with one attached hydrogen (secondary N) is 2. The summed E-state index contributed by atoms with van der Waals surface area (Å²) in [6.07, 6.45) is 2.99. The molecule has 0 fully saturated rings. The molecule has 0 aliphatic carbocycles. The Balaban J connectivity index is 4.25. The molecule has 0 bridgehead atoms. The normalized spacial score (nSPS) is 12.9. The minimum absolute atomic E-state index is 0.0108. The topological polar surface area (TPSA) is 66.0 Å². The van der Waals surface area contributed by atoms with Crippen LogP contribution < -0.4 is 10.6 Å². The van der Waals surface area contributed by atoms with Crippen molar-refractivity contribution < 1.29 is 9.53 Å². The molecule has 21 heavy (non-hydrogen) atoms. The highest BCUT2D eigenvalue weighted by molar-refractivity contribution is 7.99. The van der Waals surface area contributed by atoms with Crippen molar-refractivity contribution in [2.75, 3.05) is 53.2 Å². The smallest absolute Gasteiger partial charge is 0.243 e. The van der Waals surface area contributed by atoms with Crippen LogP contribution in [-0.2, 0) is 9.53 Å². The molecule has 6 nitrogen and oxygen atoms in total. The molecule has 0 saturated carbocycles. The molecule has 1 amide bonds. The van der Waals surface area contributed by atoms with Gasteiger partial charge in [-0.25, -0.2) is 4.99 Å². The first-order valence-electron chi connectivity index (χ1n) is 7.34. The van der Waals surface area contributed by atoms with Crippen molar-refractivity contribution >= 4 is 23.6 Å². The maximum absolute atomic E-state index is 11.6. The number of carbonyl (C=O) groups excluding carboxylic acids is 1. The molecule has 0 spiro atoms. The van der Waals surface area contributed by atoms with E-state index in [1.807, 2.05) is 6.92 Å². The van der Waals surface area contributed by atoms with E-state index >= 15 is 0 Å². The van der Waals surface area contributed by atoms with Gasteiger partial charge in [-0.3, -0.25) is 4.79 Å². The van der Waals surface area contributed by atoms with Crippen molar-refractivity contribution in [3.05, 3.63) is 0 Å². The number of thioether (sulfide) groups is 1. The molecule has 2 N–H and O–H groups in total. The minimum Gasteiger partial charge on any atom is -0.382 e. The fraction of sp³-hybridized carbons (Fsp3) is 0.857. The molecular formula is C14H30N4O2S. The quantitative estimate of drug-likeness (QED) is 0.354. The molecule has 0 aliphatic rings. The third-order valence-corrected chi connectivity index (χ3v) is 3.76. The maximum Gasteiger partial charge on any atom is 0.243 e. The van der Waals surface area contributed by atoms with Crippen LogP contribution in [0.25, 0.3) is 0 Å². The Morgan fingerprint density at radius 1 is 1.38 bits per heavy atom. The SMILES string of the molecule is CCOCCCNC(=NCC(=O)N(C)C)NCC(C)SC. The van der Waals surface area contributed by atoms with E-state index in [4.69, 9.17) is 4.74 Å². The Kier molecular flexibility index (Phi) is 12.2. The van der Waals surface area contributed by atoms with E-state index in [-0.39, 0.29) is 12.5 Å². The van der Waals surface area contributed by atoms with Crippen molar-refractivity contribution in [3.63, 3.8) is 0 Å². The van der Waals surface area contributed by atoms with E-state index in [1.54, 1.807) is 30.8 Å². The molecule has 0 aromatic rings. The van der Waals surface area contributed by atoms with Crippen molar-refractivity contribution in [1.29, 1.82) is 0 Å². The lowest BCUT2D eigenvalue weighted by Crippen LogP contribution is -2.41. The van der Waals surface area contributed by atoms with Crippen LogP contribution in [0.15, 0.2) is 4.99 Å². The summed E-state index contributed by atoms with van der Waals surface area (Å²) in [6.45, 7) is 7.34. The van der Waals surface area contributed by atoms with Gasteiger partial charge in [0, 0.05) is 45.6 Å². The summed E-state index contributed by atoms with van der Waals surface area (Å²) in [5.41, 5.74) is 0. The molecular weight excluding hydrogens is 288 g/mol. The van der Waals surface area contributed by atoms with Gasteiger partial charge in [-0.15, -0.1) is 0 Å². The number of carbonyl (C=O) groups is 1. The summed E-state index contributed by atoms with van der Waals surface area (Å²) in [6, 6.07) is 0. The minimum atomic E-state index is -0.0108. The average Bonchev–Trinajstić information content (AvgIpc) is 2.47. The van der Waals surface area contributed by atoms with Crippen LogP contribution in [0.1, 0.15) is 20.3 Å². The Morgan fingerprint density at radius 2 is 2.10 bits per heavy atom. The summed E-state index contributed by atoms with van der Waals surface area (Å²) in [4.78, 5) is 17.5. The zero-order valence-corrected chi connectivity index (χ0v) is 14.8. The lowest BCUT2D eigenvalue weighted by Gasteiger charge is -2.16. The van der Waals surface area contributed by atoms with Crippen LogP contribution in [0.3, 0.4) is 0 Å². The third kappa shape index (κ3) is 11.4. The lowest BCUT2D eigenvalue weighted by molar-refractivity contribution is -0.127. The fourth-order valence-corrected chi connectivity index (χ4v) is 1.56. The van der Waals surface area contributed by atoms with Gasteiger partial charge in [0.15, 0.2) is 5.96 Å². The standard InChI is InChI=1S/C14H30N4O2S/c1-6-20-9-7-8-15-14(16-10-12(2)21-5)17-11-13(19)18(3)4/h12H,6-11H2,1-5H3,(H2,15,16,17). The number of hydrogen-bond donors (Lipinski definition) is 2. The fourth-order valence-electron chi connectivity index (χ4n) is 1.31. The Morgan fingerprint density at radius 3 is 2.67 bits per heavy atom. The second-order valence-electron chi connectivity index (χ2n) is 4.86. The first-order chi connectivity index (χ1) is 10.0. The number of rotatable bonds is 10. The number of hydrogen-bond acceptors (Lipinski definition) is 4. The van der Waals surface area contributed by atoms with E-state index in [1.165, 1.54) is 0 Å². The highest BCUT2D eigenvalue weighted by Crippen LogP contribution is 2.02. The predicted molar refractivity (Wildman–Crippen MR) is 91.1 cm³/mol. The van der Waals surface area contributed by atoms with Crippen molar-refractivity contribution in [1.82, 2.24) is 15.5 Å². The highest BCUT2D eigenvalue weighted by atomic mass is 32.2. The van der Waals surface area contributed by atoms with Crippen LogP contribution >= 0.6 is 11.8 Å². The van der Waals surface area contributed by atoms with Gasteiger partial charge >= 0.3 is 0 Å². The van der Waals surface area contributed by atoms with Crippen LogP contribution in [0, 0.1) is 0 Å². The van der Waals surface area contributed by atoms with Gasteiger partial charge in [-0.1, -0.05) is 6.92 Å². The van der Waals surface area contributed by atoms with E-state index in [2.05, 4.69) is 28.8 Å². The number of aliphatic imine (C=N–C) groups is 1. The molecule has 124 valence electrons. The van der Waals surface area contributed by atoms with Crippen LogP contribution in [-0.4, -0.2) is 75.2 Å². The summed E-state index contributed by atoms with van der Waals surface area (Å²) < 4.78 is 5.30. The van der Waals surface area contributed by atoms with Crippen LogP contribution in [0.5, 0.6) is 0 Å². The van der Waals surface area contributed by atoms with Gasteiger partial charge in [-0.05, 0) is 19.6 Å². The number of guanidine groups is 1. The Labute approximate surface area is 133 Å². The van der Waals surface area contributed by atoms with Crippen molar-refractivity contribution in [2.45, 2.75) is 25.5 Å². The molecule has 7 heteroatoms. The number of amides is 1. The number of likely N-dealkylation sites (N-methyl/N-ethyl adjacent to an activating group) is 1. The van der Waals surface area contributed by atoms with Gasteiger partial charge in [0.1, 0.15) is 6.54 Å². The predicted octanol–water partition coefficient (Wildman–Crippen LogP) is 0.788. The largest absolute Gasteiger partial charge is 0.382 e. The second kappa shape index (κ2) is 12.8. The zero-order valence-electron chi connectivity index (χ0n) is 13.9. The van der Waals surface area contributed by atoms with Crippen LogP contribution in [0.4, 0.5) is 0 Å². The number of nitrogens with zero attached hydrogens (tertiary/aromatic N) is 2. The first-order valence-corrected chi connectivity index (χ1v) is 8.62. The highest BCUT2D eigenvalue weighted by Gasteiger charge is 2.06. The molecule has 0 aromatic heterocycles. The monoisotopic (exact) mass is 318 g/mol. The summed E-state index contributed by atoms with van der Waals surface area (Å²) in [7, 11) is 3.46. The van der Waals surface area contributed by atoms with Crippen molar-refractivity contribution in [3.8, 4) is 0 Å². The molecule has 0 aliphatic heterocycles. The van der Waals surface area contributed by atoms with E-state index in [0.29, 0.717) is 11.2 Å². The first kappa shape index (κ1) is 20.1. The molecule has 0 heterocycles. The van der Waals surface area contributed by atoms with Gasteiger partial charge in [0.05, 0.1) is 0 Å². The Hall–Kier alpha value is -0.950. The summed E-state index contributed by atoms with van der Waals surface area (Å²) in [5.74, 6) is 0.672. The van der Waals surface area contributed by atoms with Gasteiger partial charge < -0.3 is 20.3 Å². The lowest BCUT2D eigenvalue weighted by atomic mass is 10.4. The van der Waals surface area contributed by atoms with Gasteiger partial charge in [0.2, 0.25) is 5.91 Å². The van der Waals surface area contributed by atoms with E-state index in [9.17, 15) is 4.79 Å². The molecule has 0 radical (unpaired) electrons. The number of ether oxygens (including phenoxy) is 1. The third-order valence-electron chi connectivity index (χ3n) is 2.79. The maximum atomic E-state index is 11.6. The molecule has 1 unspecified atom stereocenters. The van der Waals surface area contributed by atoms with E-state index < -0.39 is 0 Å². The molecule has 0 rings (SSSR count). The van der Waals surface area contributed by atoms with Gasteiger partial charge in [-0.2, -0.15) is 11.8 Å². The second-order valence-corrected chi connectivity index (χ2v) is 6.13. The zero-order chi connectivity index (χ0) is 16.1. The molecule has 0 aromatic carbocycles. The summed E-state index contributed by atoms with van der Waals surface area (Å²) >= 11 is 1.79. The van der Waals surface area contributed by atoms with Crippen molar-refractivity contribution in [2.24, 2.45) is 4.99 Å². The van der Waals surface area contributed by atoms with Gasteiger partial charge in [0.25, 0.3) is 0 Å². The van der Waals surface area contributed by atoms with E-state index in [0.717, 1.165) is 32.7 Å². The molecule has 0 saturated heterocycles. The molecule has 1 atom stereocenters. The Bertz CT molecular complexity index is 311. The average molecular weight is 318 g/mol. The van der Waals surface area contributed by atoms with Crippen LogP contribution in [0.2, 0.25) is 0 Å². The summed E-state index contributed by atoms with van der Waals surface area (Å²) in [5, 5.41) is 6.98.